The molecule has 2 aliphatic rings. The summed E-state index contributed by atoms with van der Waals surface area (Å²) in [4.78, 5) is 13.9. The van der Waals surface area contributed by atoms with E-state index < -0.39 is 21.7 Å². The van der Waals surface area contributed by atoms with Crippen molar-refractivity contribution in [3.05, 3.63) is 6.42 Å². The maximum Gasteiger partial charge on any atom is 0.237 e. The van der Waals surface area contributed by atoms with Crippen LogP contribution in [0.15, 0.2) is 0 Å². The number of aliphatic hydroxyl groups excluding tert-OH is 1. The van der Waals surface area contributed by atoms with Crippen LogP contribution in [0.3, 0.4) is 0 Å². The predicted octanol–water partition coefficient (Wildman–Crippen LogP) is -1.07. The third-order valence-corrected chi connectivity index (χ3v) is 5.98. The number of amides is 1. The highest BCUT2D eigenvalue weighted by atomic mass is 32.2. The molecule has 3 atom stereocenters. The van der Waals surface area contributed by atoms with E-state index in [1.165, 1.54) is 7.05 Å². The zero-order valence-electron chi connectivity index (χ0n) is 12.5. The maximum absolute atomic E-state index is 11.9. The summed E-state index contributed by atoms with van der Waals surface area (Å²) in [5.74, 6) is -0.357. The topological polar surface area (TPSA) is 104 Å². The van der Waals surface area contributed by atoms with Gasteiger partial charge in [-0.3, -0.25) is 9.69 Å². The van der Waals surface area contributed by atoms with Gasteiger partial charge in [-0.05, 0) is 32.1 Å². The van der Waals surface area contributed by atoms with Crippen LogP contribution in [0, 0.1) is 6.42 Å². The Balaban J connectivity index is 2.06. The number of nitrogens with zero attached hydrogens (tertiary/aromatic N) is 2. The molecule has 21 heavy (non-hydrogen) atoms. The Hall–Kier alpha value is -0.700. The molecule has 1 amide bonds. The van der Waals surface area contributed by atoms with Crippen LogP contribution in [-0.4, -0.2) is 72.7 Å². The number of nitrogens with two attached hydrogens (primary N) is 1. The molecule has 0 aromatic carbocycles. The second-order valence-electron chi connectivity index (χ2n) is 6.17. The zero-order chi connectivity index (χ0) is 15.8. The van der Waals surface area contributed by atoms with E-state index in [-0.39, 0.29) is 25.0 Å². The van der Waals surface area contributed by atoms with Gasteiger partial charge >= 0.3 is 0 Å². The molecule has 121 valence electrons. The number of hydrogen-bond acceptors (Lipinski definition) is 5. The molecule has 0 saturated carbocycles. The van der Waals surface area contributed by atoms with Crippen molar-refractivity contribution in [1.29, 1.82) is 0 Å². The number of sulfonamides is 1. The van der Waals surface area contributed by atoms with Gasteiger partial charge in [0, 0.05) is 26.2 Å². The van der Waals surface area contributed by atoms with E-state index in [1.54, 1.807) is 0 Å². The average molecular weight is 318 g/mol. The molecule has 3 N–H and O–H groups in total. The van der Waals surface area contributed by atoms with Gasteiger partial charge < -0.3 is 10.8 Å². The molecule has 2 rings (SSSR count). The number of carbonyl (C=O) groups is 1. The summed E-state index contributed by atoms with van der Waals surface area (Å²) in [5, 5.41) is 10.2. The van der Waals surface area contributed by atoms with Crippen LogP contribution in [0.2, 0.25) is 0 Å². The van der Waals surface area contributed by atoms with E-state index >= 15 is 0 Å². The number of primary amides is 1. The van der Waals surface area contributed by atoms with Crippen molar-refractivity contribution in [3.8, 4) is 0 Å². The SMILES string of the molecule is CN(C[C@H](O)CN1[C@@H]2C[CH]C[C@]1(C(N)=O)CC2)S(C)(=O)=O. The van der Waals surface area contributed by atoms with Crippen LogP contribution in [0.25, 0.3) is 0 Å². The first-order valence-corrected chi connectivity index (χ1v) is 8.99. The van der Waals surface area contributed by atoms with E-state index in [2.05, 4.69) is 6.42 Å². The van der Waals surface area contributed by atoms with E-state index in [0.29, 0.717) is 12.8 Å². The normalized spacial score (nSPS) is 31.5. The fourth-order valence-electron chi connectivity index (χ4n) is 3.44. The highest BCUT2D eigenvalue weighted by Crippen LogP contribution is 2.43. The second kappa shape index (κ2) is 5.83. The van der Waals surface area contributed by atoms with Crippen molar-refractivity contribution in [3.63, 3.8) is 0 Å². The molecule has 2 bridgehead atoms. The molecule has 1 radical (unpaired) electrons. The molecule has 0 aromatic heterocycles. The number of β-amino-alcohol motifs (C(OH)–C–C–N with tert-alkyl or cyclic N) is 1. The first kappa shape index (κ1) is 16.7. The Bertz CT molecular complexity index is 506. The van der Waals surface area contributed by atoms with Crippen LogP contribution >= 0.6 is 0 Å². The van der Waals surface area contributed by atoms with Crippen molar-refractivity contribution in [2.24, 2.45) is 5.73 Å². The Kier molecular flexibility index (Phi) is 4.63. The van der Waals surface area contributed by atoms with Gasteiger partial charge in [-0.25, -0.2) is 12.7 Å². The van der Waals surface area contributed by atoms with Crippen molar-refractivity contribution < 1.29 is 18.3 Å². The Morgan fingerprint density at radius 2 is 2.29 bits per heavy atom. The first-order valence-electron chi connectivity index (χ1n) is 7.14. The lowest BCUT2D eigenvalue weighted by atomic mass is 9.87. The van der Waals surface area contributed by atoms with Crippen molar-refractivity contribution in [2.45, 2.75) is 43.4 Å². The Morgan fingerprint density at radius 1 is 1.62 bits per heavy atom. The summed E-state index contributed by atoms with van der Waals surface area (Å²) in [6.45, 7) is 0.280. The van der Waals surface area contributed by atoms with Crippen LogP contribution in [0.5, 0.6) is 0 Å². The van der Waals surface area contributed by atoms with Gasteiger partial charge in [0.25, 0.3) is 0 Å². The Labute approximate surface area is 126 Å². The molecule has 7 nitrogen and oxygen atoms in total. The number of hydrogen-bond donors (Lipinski definition) is 2. The van der Waals surface area contributed by atoms with Gasteiger partial charge in [-0.2, -0.15) is 0 Å². The van der Waals surface area contributed by atoms with Gasteiger partial charge in [0.1, 0.15) is 5.54 Å². The Morgan fingerprint density at radius 3 is 2.86 bits per heavy atom. The number of fused-ring (bicyclic) bond motifs is 2. The molecule has 0 spiro atoms. The summed E-state index contributed by atoms with van der Waals surface area (Å²) in [7, 11) is -1.89. The summed E-state index contributed by atoms with van der Waals surface area (Å²) in [6, 6.07) is 0.212. The van der Waals surface area contributed by atoms with Gasteiger partial charge in [-0.1, -0.05) is 0 Å². The van der Waals surface area contributed by atoms with E-state index in [9.17, 15) is 18.3 Å². The summed E-state index contributed by atoms with van der Waals surface area (Å²) < 4.78 is 23.9. The molecule has 2 heterocycles. The van der Waals surface area contributed by atoms with Crippen LogP contribution in [-0.2, 0) is 14.8 Å². The summed E-state index contributed by atoms with van der Waals surface area (Å²) in [6.07, 6.45) is 5.42. The van der Waals surface area contributed by atoms with Crippen LogP contribution in [0.4, 0.5) is 0 Å². The minimum atomic E-state index is -3.32. The minimum absolute atomic E-state index is 0.0145. The third kappa shape index (κ3) is 3.23. The van der Waals surface area contributed by atoms with Crippen molar-refractivity contribution >= 4 is 15.9 Å². The number of carbonyl (C=O) groups excluding carboxylic acids is 1. The highest BCUT2D eigenvalue weighted by molar-refractivity contribution is 7.88. The van der Waals surface area contributed by atoms with Gasteiger partial charge in [-0.15, -0.1) is 0 Å². The van der Waals surface area contributed by atoms with Gasteiger partial charge in [0.15, 0.2) is 0 Å². The fourth-order valence-corrected chi connectivity index (χ4v) is 3.88. The molecule has 2 aliphatic heterocycles. The molecular weight excluding hydrogens is 294 g/mol. The average Bonchev–Trinajstić information content (AvgIpc) is 2.58. The fraction of sp³-hybridized carbons (Fsp3) is 0.846. The lowest BCUT2D eigenvalue weighted by Gasteiger charge is -2.43. The molecule has 0 aliphatic carbocycles. The first-order chi connectivity index (χ1) is 9.67. The smallest absolute Gasteiger partial charge is 0.237 e. The maximum atomic E-state index is 11.9. The number of rotatable bonds is 6. The molecule has 0 unspecified atom stereocenters. The quantitative estimate of drug-likeness (QED) is 0.649. The summed E-state index contributed by atoms with van der Waals surface area (Å²) >= 11 is 0. The second-order valence-corrected chi connectivity index (χ2v) is 8.26. The predicted molar refractivity (Wildman–Crippen MR) is 78.7 cm³/mol. The molecule has 0 aromatic rings. The molecule has 8 heteroatoms. The largest absolute Gasteiger partial charge is 0.390 e. The van der Waals surface area contributed by atoms with Crippen molar-refractivity contribution in [2.75, 3.05) is 26.4 Å². The number of aliphatic hydroxyl groups is 1. The van der Waals surface area contributed by atoms with Crippen molar-refractivity contribution in [1.82, 2.24) is 9.21 Å². The third-order valence-electron chi connectivity index (χ3n) is 4.70. The van der Waals surface area contributed by atoms with Crippen LogP contribution < -0.4 is 5.73 Å². The van der Waals surface area contributed by atoms with Crippen LogP contribution in [0.1, 0.15) is 25.7 Å². The number of likely N-dealkylation sites (N-methyl/N-ethyl adjacent to an activating group) is 1. The van der Waals surface area contributed by atoms with Gasteiger partial charge in [0.2, 0.25) is 15.9 Å². The number of piperidine rings is 1. The molecular formula is C13H24N3O4S. The van der Waals surface area contributed by atoms with Gasteiger partial charge in [0.05, 0.1) is 12.4 Å². The highest BCUT2D eigenvalue weighted by Gasteiger charge is 2.52. The van der Waals surface area contributed by atoms with E-state index in [0.717, 1.165) is 23.4 Å². The minimum Gasteiger partial charge on any atom is -0.390 e. The molecule has 2 fully saturated rings. The lowest BCUT2D eigenvalue weighted by Crippen LogP contribution is -2.60. The summed E-state index contributed by atoms with van der Waals surface area (Å²) in [5.41, 5.74) is 4.89. The zero-order valence-corrected chi connectivity index (χ0v) is 13.3. The standard InChI is InChI=1S/C13H24N3O4S/c1-15(21(2,19)20)8-11(17)9-16-10-4-3-6-13(16,7-5-10)12(14)18/h3,10-11,17H,4-9H2,1-2H3,(H2,14,18)/t10-,11+,13-/m1/s1. The van der Waals surface area contributed by atoms with E-state index in [1.807, 2.05) is 4.90 Å². The monoisotopic (exact) mass is 318 g/mol. The van der Waals surface area contributed by atoms with E-state index in [4.69, 9.17) is 5.73 Å². The lowest BCUT2D eigenvalue weighted by molar-refractivity contribution is -0.131. The molecule has 2 saturated heterocycles.